The molecule has 2 aromatic carbocycles. The van der Waals surface area contributed by atoms with Gasteiger partial charge in [-0.05, 0) is 22.3 Å². The minimum Gasteiger partial charge on any atom is -0.227 e. The van der Waals surface area contributed by atoms with E-state index in [0.29, 0.717) is 5.56 Å². The van der Waals surface area contributed by atoms with E-state index in [-0.39, 0.29) is 5.75 Å². The number of alkyl halides is 1. The van der Waals surface area contributed by atoms with Gasteiger partial charge in [-0.3, -0.25) is 0 Å². The molecule has 1 aliphatic rings. The quantitative estimate of drug-likeness (QED) is 0.691. The van der Waals surface area contributed by atoms with Crippen LogP contribution in [0.5, 0.6) is 0 Å². The van der Waals surface area contributed by atoms with Crippen molar-refractivity contribution in [2.45, 2.75) is 10.5 Å². The van der Waals surface area contributed by atoms with Gasteiger partial charge in [0.15, 0.2) is 14.5 Å². The Balaban J connectivity index is 2.39. The van der Waals surface area contributed by atoms with Crippen molar-refractivity contribution in [3.63, 3.8) is 0 Å². The van der Waals surface area contributed by atoms with Crippen LogP contribution in [0.15, 0.2) is 48.5 Å². The van der Waals surface area contributed by atoms with Crippen molar-refractivity contribution in [2.75, 3.05) is 0 Å². The van der Waals surface area contributed by atoms with Gasteiger partial charge in [0.05, 0.1) is 5.75 Å². The first-order valence-corrected chi connectivity index (χ1v) is 7.77. The van der Waals surface area contributed by atoms with E-state index in [4.69, 9.17) is 11.6 Å². The lowest BCUT2D eigenvalue weighted by atomic mass is 9.97. The number of hydrogen-bond acceptors (Lipinski definition) is 2. The van der Waals surface area contributed by atoms with E-state index in [0.717, 1.165) is 16.7 Å². The van der Waals surface area contributed by atoms with E-state index < -0.39 is 14.5 Å². The van der Waals surface area contributed by atoms with Crippen LogP contribution < -0.4 is 0 Å². The molecule has 3 rings (SSSR count). The second kappa shape index (κ2) is 4.11. The Labute approximate surface area is 111 Å². The van der Waals surface area contributed by atoms with Gasteiger partial charge in [-0.1, -0.05) is 48.5 Å². The molecule has 1 unspecified atom stereocenters. The van der Waals surface area contributed by atoms with Crippen molar-refractivity contribution in [1.29, 1.82) is 0 Å². The Morgan fingerprint density at radius 3 is 2.33 bits per heavy atom. The smallest absolute Gasteiger partial charge is 0.175 e. The fourth-order valence-corrected chi connectivity index (χ4v) is 4.14. The highest BCUT2D eigenvalue weighted by Crippen LogP contribution is 2.41. The first kappa shape index (κ1) is 11.8. The van der Waals surface area contributed by atoms with Gasteiger partial charge in [0.1, 0.15) is 0 Å². The maximum Gasteiger partial charge on any atom is 0.175 e. The van der Waals surface area contributed by atoms with Crippen LogP contribution in [-0.4, -0.2) is 8.42 Å². The van der Waals surface area contributed by atoms with Crippen LogP contribution in [0.3, 0.4) is 0 Å². The average molecular weight is 279 g/mol. The zero-order valence-electron chi connectivity index (χ0n) is 9.51. The summed E-state index contributed by atoms with van der Waals surface area (Å²) in [6.45, 7) is 0. The van der Waals surface area contributed by atoms with Crippen LogP contribution in [0.4, 0.5) is 0 Å². The van der Waals surface area contributed by atoms with E-state index in [1.807, 2.05) is 42.5 Å². The van der Waals surface area contributed by atoms with Crippen LogP contribution >= 0.6 is 11.6 Å². The van der Waals surface area contributed by atoms with Gasteiger partial charge in [0.25, 0.3) is 0 Å². The van der Waals surface area contributed by atoms with Crippen LogP contribution in [0, 0.1) is 0 Å². The predicted molar refractivity (Wildman–Crippen MR) is 73.1 cm³/mol. The Morgan fingerprint density at radius 1 is 0.944 bits per heavy atom. The van der Waals surface area contributed by atoms with Crippen LogP contribution in [0.2, 0.25) is 0 Å². The van der Waals surface area contributed by atoms with Gasteiger partial charge in [-0.2, -0.15) is 0 Å². The topological polar surface area (TPSA) is 34.1 Å². The SMILES string of the molecule is O=S1(=O)Cc2ccccc2-c2ccccc2C1Cl. The molecule has 0 bridgehead atoms. The lowest BCUT2D eigenvalue weighted by Crippen LogP contribution is -2.09. The third-order valence-corrected chi connectivity index (χ3v) is 5.83. The lowest BCUT2D eigenvalue weighted by Gasteiger charge is -2.10. The first-order chi connectivity index (χ1) is 8.59. The summed E-state index contributed by atoms with van der Waals surface area (Å²) in [6, 6.07) is 15.0. The number of fused-ring (bicyclic) bond motifs is 3. The second-order valence-electron chi connectivity index (χ2n) is 4.37. The molecule has 0 fully saturated rings. The van der Waals surface area contributed by atoms with E-state index in [1.165, 1.54) is 0 Å². The predicted octanol–water partition coefficient (Wildman–Crippen LogP) is 3.52. The highest BCUT2D eigenvalue weighted by atomic mass is 35.5. The van der Waals surface area contributed by atoms with Gasteiger partial charge in [-0.25, -0.2) is 8.42 Å². The molecule has 0 radical (unpaired) electrons. The molecule has 18 heavy (non-hydrogen) atoms. The fraction of sp³-hybridized carbons (Fsp3) is 0.143. The van der Waals surface area contributed by atoms with Crippen LogP contribution in [-0.2, 0) is 15.6 Å². The molecular formula is C14H11ClO2S. The highest BCUT2D eigenvalue weighted by Gasteiger charge is 2.31. The third-order valence-electron chi connectivity index (χ3n) is 3.18. The van der Waals surface area contributed by atoms with Crippen molar-refractivity contribution >= 4 is 21.4 Å². The van der Waals surface area contributed by atoms with Gasteiger partial charge in [0.2, 0.25) is 0 Å². The molecule has 2 nitrogen and oxygen atoms in total. The molecule has 0 saturated heterocycles. The molecule has 0 amide bonds. The second-order valence-corrected chi connectivity index (χ2v) is 7.15. The van der Waals surface area contributed by atoms with Crippen molar-refractivity contribution in [3.05, 3.63) is 59.7 Å². The Bertz CT molecular complexity index is 707. The third kappa shape index (κ3) is 1.74. The molecule has 0 saturated carbocycles. The standard InChI is InChI=1S/C14H11ClO2S/c15-14-13-8-4-3-7-12(13)11-6-2-1-5-10(11)9-18(14,16)17/h1-8,14H,9H2. The number of halogens is 1. The van der Waals surface area contributed by atoms with Gasteiger partial charge >= 0.3 is 0 Å². The minimum absolute atomic E-state index is 0.00792. The molecule has 1 aliphatic heterocycles. The average Bonchev–Trinajstić information content (AvgIpc) is 2.45. The summed E-state index contributed by atoms with van der Waals surface area (Å²) in [5.41, 5.74) is 3.35. The molecule has 0 N–H and O–H groups in total. The molecule has 0 spiro atoms. The minimum atomic E-state index is -3.36. The maximum absolute atomic E-state index is 12.2. The Kier molecular flexibility index (Phi) is 2.68. The fourth-order valence-electron chi connectivity index (χ4n) is 2.33. The highest BCUT2D eigenvalue weighted by molar-refractivity contribution is 7.92. The van der Waals surface area contributed by atoms with Crippen molar-refractivity contribution in [1.82, 2.24) is 0 Å². The zero-order valence-corrected chi connectivity index (χ0v) is 11.1. The summed E-state index contributed by atoms with van der Waals surface area (Å²) in [6.07, 6.45) is 0. The molecular weight excluding hydrogens is 268 g/mol. The largest absolute Gasteiger partial charge is 0.227 e. The number of benzene rings is 2. The molecule has 4 heteroatoms. The first-order valence-electron chi connectivity index (χ1n) is 5.62. The van der Waals surface area contributed by atoms with E-state index in [2.05, 4.69) is 0 Å². The summed E-state index contributed by atoms with van der Waals surface area (Å²) < 4.78 is 23.4. The van der Waals surface area contributed by atoms with Crippen LogP contribution in [0.1, 0.15) is 15.8 Å². The maximum atomic E-state index is 12.2. The van der Waals surface area contributed by atoms with Crippen molar-refractivity contribution < 1.29 is 8.42 Å². The van der Waals surface area contributed by atoms with Crippen LogP contribution in [0.25, 0.3) is 11.1 Å². The summed E-state index contributed by atoms with van der Waals surface area (Å²) >= 11 is 6.15. The normalized spacial score (nSPS) is 20.6. The summed E-state index contributed by atoms with van der Waals surface area (Å²) in [5, 5.41) is 0. The van der Waals surface area contributed by atoms with Crippen molar-refractivity contribution in [2.24, 2.45) is 0 Å². The molecule has 2 aromatic rings. The molecule has 0 aromatic heterocycles. The molecule has 1 atom stereocenters. The zero-order chi connectivity index (χ0) is 12.8. The van der Waals surface area contributed by atoms with Crippen molar-refractivity contribution in [3.8, 4) is 11.1 Å². The van der Waals surface area contributed by atoms with Gasteiger partial charge in [-0.15, -0.1) is 11.6 Å². The molecule has 92 valence electrons. The summed E-state index contributed by atoms with van der Waals surface area (Å²) in [7, 11) is -3.36. The molecule has 1 heterocycles. The summed E-state index contributed by atoms with van der Waals surface area (Å²) in [4.78, 5) is 0. The van der Waals surface area contributed by atoms with E-state index in [9.17, 15) is 8.42 Å². The number of rotatable bonds is 0. The molecule has 0 aliphatic carbocycles. The Hall–Kier alpha value is -1.32. The lowest BCUT2D eigenvalue weighted by molar-refractivity contribution is 0.593. The Morgan fingerprint density at radius 2 is 1.56 bits per heavy atom. The van der Waals surface area contributed by atoms with Gasteiger partial charge in [0, 0.05) is 0 Å². The van der Waals surface area contributed by atoms with E-state index >= 15 is 0 Å². The van der Waals surface area contributed by atoms with E-state index in [1.54, 1.807) is 6.07 Å². The number of sulfone groups is 1. The van der Waals surface area contributed by atoms with Gasteiger partial charge < -0.3 is 0 Å². The summed E-state index contributed by atoms with van der Waals surface area (Å²) in [5.74, 6) is -0.00792. The number of hydrogen-bond donors (Lipinski definition) is 0. The monoisotopic (exact) mass is 278 g/mol.